The molecule has 0 saturated carbocycles. The van der Waals surface area contributed by atoms with Gasteiger partial charge >= 0.3 is 5.91 Å². The summed E-state index contributed by atoms with van der Waals surface area (Å²) < 4.78 is 15.9. The van der Waals surface area contributed by atoms with Crippen LogP contribution < -0.4 is 20.7 Å². The second kappa shape index (κ2) is 5.29. The number of nitrogens with two attached hydrogens (primary N) is 1. The molecule has 1 amide bonds. The number of Topliss-reactive ketones (excluding diaryl/α,β-unsaturated/α-hetero) is 1. The molecule has 1 aromatic heterocycles. The molecule has 2 heterocycles. The second-order valence-corrected chi connectivity index (χ2v) is 4.41. The maximum Gasteiger partial charge on any atom is 0.301 e. The van der Waals surface area contributed by atoms with Crippen molar-refractivity contribution in [3.05, 3.63) is 47.4 Å². The third-order valence-corrected chi connectivity index (χ3v) is 3.09. The van der Waals surface area contributed by atoms with Crippen LogP contribution in [0.15, 0.2) is 34.9 Å². The van der Waals surface area contributed by atoms with Crippen LogP contribution in [0.4, 0.5) is 0 Å². The van der Waals surface area contributed by atoms with Crippen LogP contribution in [-0.4, -0.2) is 18.3 Å². The van der Waals surface area contributed by atoms with E-state index in [1.165, 1.54) is 6.26 Å². The predicted molar refractivity (Wildman–Crippen MR) is 71.0 cm³/mol. The van der Waals surface area contributed by atoms with Gasteiger partial charge < -0.3 is 13.9 Å². The maximum atomic E-state index is 11.5. The predicted octanol–water partition coefficient (Wildman–Crippen LogP) is 1.04. The summed E-state index contributed by atoms with van der Waals surface area (Å²) in [5.74, 6) is 5.63. The first-order valence-corrected chi connectivity index (χ1v) is 6.19. The molecule has 0 atom stereocenters. The molecule has 1 aliphatic heterocycles. The molecule has 1 aromatic carbocycles. The monoisotopic (exact) mass is 288 g/mol. The Hall–Kier alpha value is -2.80. The number of rotatable bonds is 4. The molecule has 3 rings (SSSR count). The normalized spacial score (nSPS) is 12.7. The molecule has 0 saturated heterocycles. The molecule has 7 nitrogen and oxygen atoms in total. The topological polar surface area (TPSA) is 104 Å². The lowest BCUT2D eigenvalue weighted by Gasteiger charge is -2.07. The first-order valence-electron chi connectivity index (χ1n) is 6.19. The molecule has 0 fully saturated rings. The number of ketones is 1. The van der Waals surface area contributed by atoms with Gasteiger partial charge in [-0.2, -0.15) is 0 Å². The summed E-state index contributed by atoms with van der Waals surface area (Å²) in [6, 6.07) is 6.60. The number of ether oxygens (including phenoxy) is 2. The van der Waals surface area contributed by atoms with Crippen molar-refractivity contribution in [3.8, 4) is 11.5 Å². The summed E-state index contributed by atoms with van der Waals surface area (Å²) in [6.07, 6.45) is 1.38. The molecular formula is C14H12N2O5. The summed E-state index contributed by atoms with van der Waals surface area (Å²) in [5.41, 5.74) is 3.11. The Bertz CT molecular complexity index is 707. The summed E-state index contributed by atoms with van der Waals surface area (Å²) in [4.78, 5) is 22.9. The third-order valence-electron chi connectivity index (χ3n) is 3.09. The fourth-order valence-corrected chi connectivity index (χ4v) is 2.04. The quantitative estimate of drug-likeness (QED) is 0.495. The molecule has 1 aliphatic rings. The van der Waals surface area contributed by atoms with Crippen molar-refractivity contribution < 1.29 is 23.5 Å². The number of amides is 1. The number of hydrogen-bond acceptors (Lipinski definition) is 6. The van der Waals surface area contributed by atoms with E-state index in [0.717, 1.165) is 0 Å². The Balaban J connectivity index is 1.73. The number of carbonyl (C=O) groups is 2. The summed E-state index contributed by atoms with van der Waals surface area (Å²) in [6.45, 7) is 0.188. The SMILES string of the molecule is NNC(=O)c1occc1COc1ccc2c(c1)OCC2=O. The largest absolute Gasteiger partial charge is 0.489 e. The van der Waals surface area contributed by atoms with Gasteiger partial charge in [0, 0.05) is 11.6 Å². The van der Waals surface area contributed by atoms with Gasteiger partial charge in [-0.1, -0.05) is 0 Å². The number of carbonyl (C=O) groups excluding carboxylic acids is 2. The highest BCUT2D eigenvalue weighted by molar-refractivity contribution is 6.02. The zero-order valence-corrected chi connectivity index (χ0v) is 10.9. The highest BCUT2D eigenvalue weighted by Crippen LogP contribution is 2.30. The minimum atomic E-state index is -0.526. The van der Waals surface area contributed by atoms with Gasteiger partial charge in [0.1, 0.15) is 18.1 Å². The van der Waals surface area contributed by atoms with Gasteiger partial charge in [0.15, 0.2) is 12.4 Å². The van der Waals surface area contributed by atoms with Crippen molar-refractivity contribution in [2.45, 2.75) is 6.61 Å². The Morgan fingerprint density at radius 2 is 2.24 bits per heavy atom. The van der Waals surface area contributed by atoms with Crippen molar-refractivity contribution in [2.75, 3.05) is 6.61 Å². The van der Waals surface area contributed by atoms with Crippen LogP contribution in [0, 0.1) is 0 Å². The van der Waals surface area contributed by atoms with E-state index in [-0.39, 0.29) is 24.8 Å². The van der Waals surface area contributed by atoms with E-state index < -0.39 is 5.91 Å². The first-order chi connectivity index (χ1) is 10.2. The van der Waals surface area contributed by atoms with Gasteiger partial charge in [-0.3, -0.25) is 15.0 Å². The van der Waals surface area contributed by atoms with Crippen LogP contribution in [0.2, 0.25) is 0 Å². The minimum Gasteiger partial charge on any atom is -0.489 e. The van der Waals surface area contributed by atoms with E-state index in [9.17, 15) is 9.59 Å². The lowest BCUT2D eigenvalue weighted by atomic mass is 10.1. The van der Waals surface area contributed by atoms with E-state index in [1.807, 2.05) is 5.43 Å². The van der Waals surface area contributed by atoms with E-state index in [0.29, 0.717) is 22.6 Å². The molecule has 0 spiro atoms. The summed E-state index contributed by atoms with van der Waals surface area (Å²) in [7, 11) is 0. The average molecular weight is 288 g/mol. The Labute approximate surface area is 119 Å². The highest BCUT2D eigenvalue weighted by atomic mass is 16.5. The molecule has 0 bridgehead atoms. The number of nitrogens with one attached hydrogen (secondary N) is 1. The maximum absolute atomic E-state index is 11.5. The molecule has 0 radical (unpaired) electrons. The van der Waals surface area contributed by atoms with Crippen LogP contribution in [0.3, 0.4) is 0 Å². The van der Waals surface area contributed by atoms with E-state index in [2.05, 4.69) is 0 Å². The Morgan fingerprint density at radius 1 is 1.38 bits per heavy atom. The number of fused-ring (bicyclic) bond motifs is 1. The van der Waals surface area contributed by atoms with Gasteiger partial charge in [0.25, 0.3) is 0 Å². The van der Waals surface area contributed by atoms with Crippen LogP contribution in [0.1, 0.15) is 26.5 Å². The van der Waals surface area contributed by atoms with Crippen molar-refractivity contribution in [2.24, 2.45) is 5.84 Å². The molecule has 7 heteroatoms. The first kappa shape index (κ1) is 13.2. The fourth-order valence-electron chi connectivity index (χ4n) is 2.04. The van der Waals surface area contributed by atoms with Crippen LogP contribution in [-0.2, 0) is 6.61 Å². The molecular weight excluding hydrogens is 276 g/mol. The zero-order valence-electron chi connectivity index (χ0n) is 10.9. The lowest BCUT2D eigenvalue weighted by molar-refractivity contribution is 0.0921. The molecule has 108 valence electrons. The van der Waals surface area contributed by atoms with Crippen LogP contribution in [0.5, 0.6) is 11.5 Å². The molecule has 0 aliphatic carbocycles. The second-order valence-electron chi connectivity index (χ2n) is 4.41. The smallest absolute Gasteiger partial charge is 0.301 e. The number of hydrazine groups is 1. The molecule has 2 aromatic rings. The van der Waals surface area contributed by atoms with Gasteiger partial charge in [-0.25, -0.2) is 5.84 Å². The summed E-state index contributed by atoms with van der Waals surface area (Å²) >= 11 is 0. The molecule has 3 N–H and O–H groups in total. The minimum absolute atomic E-state index is 0.0479. The van der Waals surface area contributed by atoms with Crippen molar-refractivity contribution >= 4 is 11.7 Å². The number of hydrogen-bond donors (Lipinski definition) is 2. The number of benzene rings is 1. The highest BCUT2D eigenvalue weighted by Gasteiger charge is 2.21. The van der Waals surface area contributed by atoms with E-state index >= 15 is 0 Å². The standard InChI is InChI=1S/C14H12N2O5/c15-16-14(18)13-8(3-4-19-13)6-20-9-1-2-10-11(17)7-21-12(10)5-9/h1-5H,6-7,15H2,(H,16,18). The fraction of sp³-hybridized carbons (Fsp3) is 0.143. The van der Waals surface area contributed by atoms with Crippen molar-refractivity contribution in [1.29, 1.82) is 0 Å². The van der Waals surface area contributed by atoms with Crippen molar-refractivity contribution in [1.82, 2.24) is 5.43 Å². The van der Waals surface area contributed by atoms with Gasteiger partial charge in [0.2, 0.25) is 5.78 Å². The van der Waals surface area contributed by atoms with E-state index in [1.54, 1.807) is 24.3 Å². The van der Waals surface area contributed by atoms with Crippen LogP contribution in [0.25, 0.3) is 0 Å². The zero-order chi connectivity index (χ0) is 14.8. The Morgan fingerprint density at radius 3 is 3.05 bits per heavy atom. The van der Waals surface area contributed by atoms with Gasteiger partial charge in [-0.05, 0) is 18.2 Å². The van der Waals surface area contributed by atoms with Crippen molar-refractivity contribution in [3.63, 3.8) is 0 Å². The van der Waals surface area contributed by atoms with Gasteiger partial charge in [0.05, 0.1) is 11.8 Å². The van der Waals surface area contributed by atoms with Gasteiger partial charge in [-0.15, -0.1) is 0 Å². The van der Waals surface area contributed by atoms with Crippen LogP contribution >= 0.6 is 0 Å². The van der Waals surface area contributed by atoms with E-state index in [4.69, 9.17) is 19.7 Å². The molecule has 21 heavy (non-hydrogen) atoms. The number of furan rings is 1. The lowest BCUT2D eigenvalue weighted by Crippen LogP contribution is -2.30. The molecule has 0 unspecified atom stereocenters. The third kappa shape index (κ3) is 2.46. The average Bonchev–Trinajstić information content (AvgIpc) is 3.11. The Kier molecular flexibility index (Phi) is 3.33. The summed E-state index contributed by atoms with van der Waals surface area (Å²) in [5, 5.41) is 0. The number of nitrogen functional groups attached to an aromatic ring is 1.